The summed E-state index contributed by atoms with van der Waals surface area (Å²) >= 11 is 1.04. The van der Waals surface area contributed by atoms with Crippen molar-refractivity contribution < 1.29 is 18.0 Å². The highest BCUT2D eigenvalue weighted by Crippen LogP contribution is 2.43. The molecular weight excluding hydrogens is 325 g/mol. The largest absolute Gasteiger partial charge is 0.416 e. The first-order valence-electron chi connectivity index (χ1n) is 6.83. The minimum Gasteiger partial charge on any atom is -0.389 e. The Morgan fingerprint density at radius 3 is 2.61 bits per heavy atom. The Morgan fingerprint density at radius 2 is 1.96 bits per heavy atom. The highest BCUT2D eigenvalue weighted by atomic mass is 32.1. The number of carbonyl (C=O) groups is 1. The number of nitrogens with zero attached hydrogens (tertiary/aromatic N) is 1. The first-order valence-corrected chi connectivity index (χ1v) is 7.65. The Hall–Kier alpha value is -2.33. The number of alkyl halides is 3. The lowest BCUT2D eigenvalue weighted by Crippen LogP contribution is -2.20. The van der Waals surface area contributed by atoms with Gasteiger partial charge in [-0.05, 0) is 29.5 Å². The van der Waals surface area contributed by atoms with Crippen LogP contribution in [0, 0.1) is 11.3 Å². The molecule has 3 nitrogen and oxygen atoms in total. The average molecular weight is 336 g/mol. The SMILES string of the molecule is N#Cc1c(N)sc2c1CC(c1ccccc1C(F)(F)F)CC2=O. The maximum absolute atomic E-state index is 13.2. The zero-order valence-corrected chi connectivity index (χ0v) is 12.6. The lowest BCUT2D eigenvalue weighted by atomic mass is 9.80. The van der Waals surface area contributed by atoms with Crippen LogP contribution in [0.1, 0.15) is 44.3 Å². The second kappa shape index (κ2) is 5.39. The number of nitrogen functional groups attached to an aromatic ring is 1. The van der Waals surface area contributed by atoms with Gasteiger partial charge in [-0.1, -0.05) is 18.2 Å². The molecule has 0 fully saturated rings. The van der Waals surface area contributed by atoms with Crippen LogP contribution in [0.5, 0.6) is 0 Å². The molecule has 0 radical (unpaired) electrons. The van der Waals surface area contributed by atoms with Gasteiger partial charge in [0, 0.05) is 6.42 Å². The predicted octanol–water partition coefficient (Wildman–Crippen LogP) is 4.13. The molecule has 0 spiro atoms. The van der Waals surface area contributed by atoms with Gasteiger partial charge in [0.25, 0.3) is 0 Å². The molecule has 1 atom stereocenters. The van der Waals surface area contributed by atoms with Crippen LogP contribution in [0.3, 0.4) is 0 Å². The van der Waals surface area contributed by atoms with Crippen molar-refractivity contribution in [1.82, 2.24) is 0 Å². The van der Waals surface area contributed by atoms with E-state index in [-0.39, 0.29) is 34.8 Å². The summed E-state index contributed by atoms with van der Waals surface area (Å²) in [5.41, 5.74) is 5.79. The first kappa shape index (κ1) is 15.6. The minimum absolute atomic E-state index is 0.00901. The number of benzene rings is 1. The van der Waals surface area contributed by atoms with Gasteiger partial charge in [0.1, 0.15) is 11.1 Å². The van der Waals surface area contributed by atoms with E-state index < -0.39 is 17.7 Å². The topological polar surface area (TPSA) is 66.9 Å². The zero-order valence-electron chi connectivity index (χ0n) is 11.8. The van der Waals surface area contributed by atoms with E-state index in [2.05, 4.69) is 0 Å². The number of nitrogens with two attached hydrogens (primary N) is 1. The Kier molecular flexibility index (Phi) is 3.65. The molecule has 1 aromatic carbocycles. The number of Topliss-reactive ketones (excluding diaryl/α,β-unsaturated/α-hetero) is 1. The normalized spacial score (nSPS) is 17.7. The van der Waals surface area contributed by atoms with Crippen molar-refractivity contribution >= 4 is 22.1 Å². The third-order valence-corrected chi connectivity index (χ3v) is 5.09. The van der Waals surface area contributed by atoms with Gasteiger partial charge >= 0.3 is 6.18 Å². The summed E-state index contributed by atoms with van der Waals surface area (Å²) in [5.74, 6) is -0.861. The van der Waals surface area contributed by atoms with Gasteiger partial charge in [-0.15, -0.1) is 11.3 Å². The van der Waals surface area contributed by atoms with Crippen LogP contribution in [0.4, 0.5) is 18.2 Å². The van der Waals surface area contributed by atoms with E-state index in [0.29, 0.717) is 10.4 Å². The fraction of sp³-hybridized carbons (Fsp3) is 0.250. The fourth-order valence-corrected chi connectivity index (χ4v) is 3.99. The standard InChI is InChI=1S/C16H11F3N2OS/c17-16(18,19)12-4-2-1-3-9(12)8-5-10-11(7-20)15(21)23-14(10)13(22)6-8/h1-4,8H,5-6,21H2. The van der Waals surface area contributed by atoms with E-state index >= 15 is 0 Å². The number of hydrogen-bond donors (Lipinski definition) is 1. The summed E-state index contributed by atoms with van der Waals surface area (Å²) < 4.78 is 39.6. The third-order valence-electron chi connectivity index (χ3n) is 3.99. The highest BCUT2D eigenvalue weighted by Gasteiger charge is 2.38. The van der Waals surface area contributed by atoms with E-state index in [1.807, 2.05) is 6.07 Å². The van der Waals surface area contributed by atoms with Crippen molar-refractivity contribution in [2.24, 2.45) is 0 Å². The Morgan fingerprint density at radius 1 is 1.26 bits per heavy atom. The Balaban J connectivity index is 2.09. The molecule has 1 aromatic heterocycles. The number of anilines is 1. The van der Waals surface area contributed by atoms with Gasteiger partial charge in [-0.3, -0.25) is 4.79 Å². The molecule has 7 heteroatoms. The van der Waals surface area contributed by atoms with Gasteiger partial charge < -0.3 is 5.73 Å². The molecule has 118 valence electrons. The number of halogens is 3. The van der Waals surface area contributed by atoms with Crippen molar-refractivity contribution in [1.29, 1.82) is 5.26 Å². The van der Waals surface area contributed by atoms with Gasteiger partial charge in [0.2, 0.25) is 0 Å². The van der Waals surface area contributed by atoms with Gasteiger partial charge in [-0.25, -0.2) is 0 Å². The number of rotatable bonds is 1. The van der Waals surface area contributed by atoms with Crippen molar-refractivity contribution in [2.45, 2.75) is 24.9 Å². The zero-order chi connectivity index (χ0) is 16.8. The summed E-state index contributed by atoms with van der Waals surface area (Å²) in [4.78, 5) is 12.7. The molecule has 0 saturated carbocycles. The number of ketones is 1. The molecule has 1 unspecified atom stereocenters. The summed E-state index contributed by atoms with van der Waals surface area (Å²) in [6.45, 7) is 0. The van der Waals surface area contributed by atoms with E-state index in [1.54, 1.807) is 0 Å². The molecule has 23 heavy (non-hydrogen) atoms. The number of carbonyl (C=O) groups excluding carboxylic acids is 1. The van der Waals surface area contributed by atoms with Crippen molar-refractivity contribution in [3.8, 4) is 6.07 Å². The highest BCUT2D eigenvalue weighted by molar-refractivity contribution is 7.18. The van der Waals surface area contributed by atoms with Crippen LogP contribution < -0.4 is 5.73 Å². The molecule has 2 aromatic rings. The molecule has 0 aliphatic heterocycles. The van der Waals surface area contributed by atoms with Crippen LogP contribution in [-0.2, 0) is 12.6 Å². The van der Waals surface area contributed by atoms with Crippen molar-refractivity contribution in [3.63, 3.8) is 0 Å². The molecule has 2 N–H and O–H groups in total. The van der Waals surface area contributed by atoms with Crippen LogP contribution in [0.15, 0.2) is 24.3 Å². The molecule has 1 aliphatic carbocycles. The first-order chi connectivity index (χ1) is 10.8. The smallest absolute Gasteiger partial charge is 0.389 e. The third kappa shape index (κ3) is 2.59. The van der Waals surface area contributed by atoms with Crippen molar-refractivity contribution in [3.05, 3.63) is 51.4 Å². The number of nitriles is 1. The van der Waals surface area contributed by atoms with Crippen LogP contribution in [0.2, 0.25) is 0 Å². The summed E-state index contributed by atoms with van der Waals surface area (Å²) in [7, 11) is 0. The maximum Gasteiger partial charge on any atom is 0.416 e. The molecule has 3 rings (SSSR count). The van der Waals surface area contributed by atoms with E-state index in [1.165, 1.54) is 18.2 Å². The lowest BCUT2D eigenvalue weighted by molar-refractivity contribution is -0.138. The van der Waals surface area contributed by atoms with E-state index in [0.717, 1.165) is 17.4 Å². The molecular formula is C16H11F3N2OS. The Labute approximate surface area is 134 Å². The second-order valence-electron chi connectivity index (χ2n) is 5.37. The molecule has 0 amide bonds. The minimum atomic E-state index is -4.48. The monoisotopic (exact) mass is 336 g/mol. The molecule has 1 aliphatic rings. The number of thiophene rings is 1. The summed E-state index contributed by atoms with van der Waals surface area (Å²) in [6.07, 6.45) is -4.28. The predicted molar refractivity (Wildman–Crippen MR) is 80.3 cm³/mol. The second-order valence-corrected chi connectivity index (χ2v) is 6.43. The average Bonchev–Trinajstić information content (AvgIpc) is 2.82. The molecule has 1 heterocycles. The number of hydrogen-bond acceptors (Lipinski definition) is 4. The van der Waals surface area contributed by atoms with Crippen LogP contribution in [-0.4, -0.2) is 5.78 Å². The quantitative estimate of drug-likeness (QED) is 0.851. The lowest BCUT2D eigenvalue weighted by Gasteiger charge is -2.24. The molecule has 0 bridgehead atoms. The van der Waals surface area contributed by atoms with Crippen molar-refractivity contribution in [2.75, 3.05) is 5.73 Å². The van der Waals surface area contributed by atoms with E-state index in [9.17, 15) is 23.2 Å². The van der Waals surface area contributed by atoms with Gasteiger partial charge in [-0.2, -0.15) is 18.4 Å². The Bertz CT molecular complexity index is 833. The molecule has 0 saturated heterocycles. The van der Waals surface area contributed by atoms with E-state index in [4.69, 9.17) is 5.73 Å². The summed E-state index contributed by atoms with van der Waals surface area (Å²) in [5, 5.41) is 9.42. The van der Waals surface area contributed by atoms with Gasteiger partial charge in [0.15, 0.2) is 5.78 Å². The van der Waals surface area contributed by atoms with Crippen LogP contribution in [0.25, 0.3) is 0 Å². The maximum atomic E-state index is 13.2. The van der Waals surface area contributed by atoms with Gasteiger partial charge in [0.05, 0.1) is 16.0 Å². The number of fused-ring (bicyclic) bond motifs is 1. The summed E-state index contributed by atoms with van der Waals surface area (Å²) in [6, 6.07) is 7.22. The van der Waals surface area contributed by atoms with Crippen LogP contribution >= 0.6 is 11.3 Å². The fourth-order valence-electron chi connectivity index (χ4n) is 2.99.